The standard InChI is InChI=1S/C13H17N5/c14-9-5-1-2-6-10(9)15-13-16-11-7-3-4-8-12(11)17-18-13/h3-4,7-10H,1-2,5-6,14H2,(H,15,16,18). The Hall–Kier alpha value is -1.75. The summed E-state index contributed by atoms with van der Waals surface area (Å²) >= 11 is 0. The molecule has 94 valence electrons. The number of hydrogen-bond acceptors (Lipinski definition) is 5. The highest BCUT2D eigenvalue weighted by atomic mass is 15.2. The molecule has 1 fully saturated rings. The summed E-state index contributed by atoms with van der Waals surface area (Å²) in [4.78, 5) is 4.46. The predicted molar refractivity (Wildman–Crippen MR) is 71.2 cm³/mol. The first kappa shape index (κ1) is 11.3. The van der Waals surface area contributed by atoms with Crippen molar-refractivity contribution in [2.75, 3.05) is 5.32 Å². The fourth-order valence-corrected chi connectivity index (χ4v) is 2.45. The van der Waals surface area contributed by atoms with Crippen molar-refractivity contribution in [2.45, 2.75) is 37.8 Å². The first-order chi connectivity index (χ1) is 8.83. The average Bonchev–Trinajstić information content (AvgIpc) is 2.41. The van der Waals surface area contributed by atoms with Gasteiger partial charge in [-0.1, -0.05) is 25.0 Å². The van der Waals surface area contributed by atoms with Crippen molar-refractivity contribution in [1.82, 2.24) is 15.2 Å². The number of fused-ring (bicyclic) bond motifs is 1. The highest BCUT2D eigenvalue weighted by Crippen LogP contribution is 2.20. The Kier molecular flexibility index (Phi) is 3.06. The van der Waals surface area contributed by atoms with Gasteiger partial charge in [-0.3, -0.25) is 0 Å². The summed E-state index contributed by atoms with van der Waals surface area (Å²) in [6.07, 6.45) is 4.58. The Morgan fingerprint density at radius 2 is 1.83 bits per heavy atom. The molecule has 0 aliphatic heterocycles. The second kappa shape index (κ2) is 4.86. The highest BCUT2D eigenvalue weighted by molar-refractivity contribution is 5.74. The van der Waals surface area contributed by atoms with Crippen LogP contribution in [-0.2, 0) is 0 Å². The highest BCUT2D eigenvalue weighted by Gasteiger charge is 2.22. The van der Waals surface area contributed by atoms with E-state index in [1.54, 1.807) is 0 Å². The number of benzene rings is 1. The maximum absolute atomic E-state index is 6.10. The minimum absolute atomic E-state index is 0.189. The lowest BCUT2D eigenvalue weighted by Gasteiger charge is -2.29. The molecule has 1 aliphatic rings. The molecule has 3 N–H and O–H groups in total. The van der Waals surface area contributed by atoms with E-state index >= 15 is 0 Å². The van der Waals surface area contributed by atoms with Gasteiger partial charge in [0.15, 0.2) is 0 Å². The zero-order chi connectivity index (χ0) is 12.4. The number of aromatic nitrogens is 3. The van der Waals surface area contributed by atoms with Crippen LogP contribution in [0, 0.1) is 0 Å². The molecule has 0 saturated heterocycles. The summed E-state index contributed by atoms with van der Waals surface area (Å²) in [6.45, 7) is 0. The molecule has 1 aromatic heterocycles. The quantitative estimate of drug-likeness (QED) is 0.839. The van der Waals surface area contributed by atoms with E-state index in [2.05, 4.69) is 20.5 Å². The third-order valence-corrected chi connectivity index (χ3v) is 3.49. The van der Waals surface area contributed by atoms with Crippen molar-refractivity contribution < 1.29 is 0 Å². The molecule has 1 saturated carbocycles. The summed E-state index contributed by atoms with van der Waals surface area (Å²) in [5.74, 6) is 0.580. The number of nitrogens with two attached hydrogens (primary N) is 1. The smallest absolute Gasteiger partial charge is 0.243 e. The fraction of sp³-hybridized carbons (Fsp3) is 0.462. The van der Waals surface area contributed by atoms with Gasteiger partial charge >= 0.3 is 0 Å². The summed E-state index contributed by atoms with van der Waals surface area (Å²) in [5, 5.41) is 11.6. The van der Waals surface area contributed by atoms with Gasteiger partial charge in [-0.15, -0.1) is 10.2 Å². The van der Waals surface area contributed by atoms with E-state index in [0.717, 1.165) is 23.9 Å². The molecule has 1 aliphatic carbocycles. The van der Waals surface area contributed by atoms with Crippen LogP contribution in [0.1, 0.15) is 25.7 Å². The third kappa shape index (κ3) is 2.26. The molecule has 1 aromatic carbocycles. The van der Waals surface area contributed by atoms with E-state index in [9.17, 15) is 0 Å². The SMILES string of the molecule is NC1CCCCC1Nc1nnc2ccccc2n1. The lowest BCUT2D eigenvalue weighted by atomic mass is 9.91. The largest absolute Gasteiger partial charge is 0.349 e. The third-order valence-electron chi connectivity index (χ3n) is 3.49. The van der Waals surface area contributed by atoms with Crippen LogP contribution in [0.3, 0.4) is 0 Å². The van der Waals surface area contributed by atoms with Gasteiger partial charge < -0.3 is 11.1 Å². The van der Waals surface area contributed by atoms with Crippen molar-refractivity contribution in [3.05, 3.63) is 24.3 Å². The Balaban J connectivity index is 1.81. The van der Waals surface area contributed by atoms with Gasteiger partial charge in [-0.25, -0.2) is 4.98 Å². The maximum Gasteiger partial charge on any atom is 0.243 e. The molecule has 5 nitrogen and oxygen atoms in total. The van der Waals surface area contributed by atoms with Gasteiger partial charge in [0.1, 0.15) is 5.52 Å². The summed E-state index contributed by atoms with van der Waals surface area (Å²) in [7, 11) is 0. The molecule has 0 bridgehead atoms. The number of para-hydroxylation sites is 1. The summed E-state index contributed by atoms with van der Waals surface area (Å²) < 4.78 is 0. The minimum atomic E-state index is 0.189. The van der Waals surface area contributed by atoms with E-state index < -0.39 is 0 Å². The van der Waals surface area contributed by atoms with Crippen molar-refractivity contribution in [3.63, 3.8) is 0 Å². The molecule has 2 atom stereocenters. The van der Waals surface area contributed by atoms with E-state index in [1.165, 1.54) is 12.8 Å². The number of hydrogen-bond donors (Lipinski definition) is 2. The Morgan fingerprint density at radius 1 is 1.06 bits per heavy atom. The normalized spacial score (nSPS) is 24.1. The molecule has 0 amide bonds. The minimum Gasteiger partial charge on any atom is -0.349 e. The van der Waals surface area contributed by atoms with Gasteiger partial charge in [0.05, 0.1) is 5.52 Å². The van der Waals surface area contributed by atoms with Crippen LogP contribution in [0.15, 0.2) is 24.3 Å². The second-order valence-corrected chi connectivity index (χ2v) is 4.82. The molecule has 5 heteroatoms. The van der Waals surface area contributed by atoms with Gasteiger partial charge in [0.2, 0.25) is 5.95 Å². The van der Waals surface area contributed by atoms with Gasteiger partial charge in [0, 0.05) is 12.1 Å². The maximum atomic E-state index is 6.10. The zero-order valence-corrected chi connectivity index (χ0v) is 10.2. The van der Waals surface area contributed by atoms with Crippen molar-refractivity contribution in [1.29, 1.82) is 0 Å². The number of anilines is 1. The molecule has 2 unspecified atom stereocenters. The van der Waals surface area contributed by atoms with Crippen LogP contribution in [0.2, 0.25) is 0 Å². The Bertz CT molecular complexity index is 542. The van der Waals surface area contributed by atoms with Crippen LogP contribution in [0.5, 0.6) is 0 Å². The molecule has 18 heavy (non-hydrogen) atoms. The number of rotatable bonds is 2. The molecule has 3 rings (SSSR count). The number of nitrogens with zero attached hydrogens (tertiary/aromatic N) is 3. The van der Waals surface area contributed by atoms with Crippen molar-refractivity contribution in [3.8, 4) is 0 Å². The Morgan fingerprint density at radius 3 is 2.67 bits per heavy atom. The van der Waals surface area contributed by atoms with Crippen LogP contribution in [0.4, 0.5) is 5.95 Å². The van der Waals surface area contributed by atoms with Crippen molar-refractivity contribution >= 4 is 17.0 Å². The van der Waals surface area contributed by atoms with Crippen LogP contribution in [0.25, 0.3) is 11.0 Å². The molecule has 1 heterocycles. The van der Waals surface area contributed by atoms with Crippen LogP contribution >= 0.6 is 0 Å². The van der Waals surface area contributed by atoms with E-state index in [-0.39, 0.29) is 12.1 Å². The second-order valence-electron chi connectivity index (χ2n) is 4.82. The summed E-state index contributed by atoms with van der Waals surface area (Å²) in [5.41, 5.74) is 7.78. The monoisotopic (exact) mass is 243 g/mol. The average molecular weight is 243 g/mol. The summed E-state index contributed by atoms with van der Waals surface area (Å²) in [6, 6.07) is 8.19. The lowest BCUT2D eigenvalue weighted by molar-refractivity contribution is 0.402. The first-order valence-electron chi connectivity index (χ1n) is 6.44. The van der Waals surface area contributed by atoms with E-state index in [4.69, 9.17) is 5.73 Å². The van der Waals surface area contributed by atoms with Crippen molar-refractivity contribution in [2.24, 2.45) is 5.73 Å². The van der Waals surface area contributed by atoms with Crippen LogP contribution in [-0.4, -0.2) is 27.3 Å². The topological polar surface area (TPSA) is 76.7 Å². The zero-order valence-electron chi connectivity index (χ0n) is 10.2. The molecular formula is C13H17N5. The van der Waals surface area contributed by atoms with Gasteiger partial charge in [0.25, 0.3) is 0 Å². The molecule has 0 spiro atoms. The molecule has 0 radical (unpaired) electrons. The van der Waals surface area contributed by atoms with E-state index in [1.807, 2.05) is 24.3 Å². The predicted octanol–water partition coefficient (Wildman–Crippen LogP) is 1.71. The van der Waals surface area contributed by atoms with Crippen LogP contribution < -0.4 is 11.1 Å². The fourth-order valence-electron chi connectivity index (χ4n) is 2.45. The lowest BCUT2D eigenvalue weighted by Crippen LogP contribution is -2.43. The first-order valence-corrected chi connectivity index (χ1v) is 6.44. The van der Waals surface area contributed by atoms with Gasteiger partial charge in [-0.05, 0) is 25.0 Å². The molecular weight excluding hydrogens is 226 g/mol. The number of nitrogens with one attached hydrogen (secondary N) is 1. The van der Waals surface area contributed by atoms with E-state index in [0.29, 0.717) is 5.95 Å². The Labute approximate surface area is 106 Å². The molecule has 2 aromatic rings. The van der Waals surface area contributed by atoms with Gasteiger partial charge in [-0.2, -0.15) is 0 Å².